The van der Waals surface area contributed by atoms with Gasteiger partial charge in [-0.05, 0) is 64.8 Å². The van der Waals surface area contributed by atoms with E-state index in [1.807, 2.05) is 0 Å². The van der Waals surface area contributed by atoms with Gasteiger partial charge < -0.3 is 0 Å². The van der Waals surface area contributed by atoms with E-state index >= 15 is 0 Å². The van der Waals surface area contributed by atoms with Gasteiger partial charge in [0.2, 0.25) is 0 Å². The summed E-state index contributed by atoms with van der Waals surface area (Å²) in [4.78, 5) is 0. The van der Waals surface area contributed by atoms with Crippen LogP contribution in [0, 0.1) is 0 Å². The van der Waals surface area contributed by atoms with Crippen LogP contribution in [0.5, 0.6) is 0 Å². The number of rotatable bonds is 2. The van der Waals surface area contributed by atoms with Crippen molar-refractivity contribution in [2.45, 2.75) is 31.0 Å². The van der Waals surface area contributed by atoms with Crippen LogP contribution in [0.15, 0.2) is 59.7 Å². The third kappa shape index (κ3) is 2.20. The number of hydrogen-bond acceptors (Lipinski definition) is 0. The van der Waals surface area contributed by atoms with Gasteiger partial charge in [0.15, 0.2) is 0 Å². The molecule has 0 N–H and O–H groups in total. The van der Waals surface area contributed by atoms with Gasteiger partial charge in [0.05, 0.1) is 10.8 Å². The highest BCUT2D eigenvalue weighted by Gasteiger charge is 2.31. The molecule has 0 amide bonds. The lowest BCUT2D eigenvalue weighted by atomic mass is 9.93. The Morgan fingerprint density at radius 3 is 1.52 bits per heavy atom. The summed E-state index contributed by atoms with van der Waals surface area (Å²) in [6.07, 6.45) is 0.901. The molecule has 2 aromatic carbocycles. The molecule has 0 fully saturated rings. The van der Waals surface area contributed by atoms with Crippen molar-refractivity contribution in [3.63, 3.8) is 0 Å². The first kappa shape index (κ1) is 15.1. The van der Waals surface area contributed by atoms with Crippen molar-refractivity contribution in [1.82, 2.24) is 0 Å². The first-order valence-electron chi connectivity index (χ1n) is 7.95. The topological polar surface area (TPSA) is 0 Å². The number of alkyl halides is 2. The first-order valence-corrected chi connectivity index (χ1v) is 8.83. The summed E-state index contributed by atoms with van der Waals surface area (Å²) in [7, 11) is 0. The highest BCUT2D eigenvalue weighted by atomic mass is 35.5. The molecule has 0 aromatic heterocycles. The molecule has 2 heteroatoms. The van der Waals surface area contributed by atoms with Gasteiger partial charge in [-0.2, -0.15) is 0 Å². The predicted molar refractivity (Wildman–Crippen MR) is 99.9 cm³/mol. The Bertz CT molecular complexity index is 786. The highest BCUT2D eigenvalue weighted by molar-refractivity contribution is 6.25. The lowest BCUT2D eigenvalue weighted by molar-refractivity contribution is 1.13. The number of fused-ring (bicyclic) bond motifs is 2. The van der Waals surface area contributed by atoms with Crippen LogP contribution in [0.3, 0.4) is 0 Å². The van der Waals surface area contributed by atoms with Gasteiger partial charge in [-0.3, -0.25) is 0 Å². The molecule has 0 aliphatic heterocycles. The minimum Gasteiger partial charge on any atom is -0.113 e. The van der Waals surface area contributed by atoms with Crippen LogP contribution in [0.1, 0.15) is 53.3 Å². The van der Waals surface area contributed by atoms with Crippen LogP contribution in [-0.4, -0.2) is 0 Å². The van der Waals surface area contributed by atoms with E-state index in [0.717, 1.165) is 6.42 Å². The third-order valence-electron chi connectivity index (χ3n) is 5.18. The van der Waals surface area contributed by atoms with Crippen molar-refractivity contribution < 1.29 is 0 Å². The van der Waals surface area contributed by atoms with Crippen LogP contribution in [-0.2, 0) is 0 Å². The monoisotopic (exact) mass is 340 g/mol. The molecule has 2 aliphatic carbocycles. The van der Waals surface area contributed by atoms with E-state index < -0.39 is 0 Å². The maximum absolute atomic E-state index is 6.64. The molecule has 0 nitrogen and oxygen atoms in total. The molecule has 2 aromatic rings. The molecule has 116 valence electrons. The summed E-state index contributed by atoms with van der Waals surface area (Å²) in [5, 5.41) is -0.0175. The second-order valence-corrected chi connectivity index (χ2v) is 7.27. The molecular formula is C21H18Cl2. The van der Waals surface area contributed by atoms with E-state index in [-0.39, 0.29) is 10.8 Å². The second-order valence-electron chi connectivity index (χ2n) is 6.40. The maximum atomic E-state index is 6.64. The van der Waals surface area contributed by atoms with Crippen molar-refractivity contribution in [1.29, 1.82) is 0 Å². The molecule has 0 radical (unpaired) electrons. The standard InChI is InChI=1S/C21H18Cl2/c1-12-18(14-7-3-5-9-16(14)20(12)22)11-19-13(2)21(23)17-10-6-4-8-15(17)19/h3-10,20-21H,11H2,1-2H3. The van der Waals surface area contributed by atoms with Crippen molar-refractivity contribution in [3.05, 3.63) is 81.9 Å². The fourth-order valence-corrected chi connectivity index (χ4v) is 4.47. The Labute approximate surface area is 147 Å². The van der Waals surface area contributed by atoms with Gasteiger partial charge in [-0.1, -0.05) is 48.5 Å². The predicted octanol–water partition coefficient (Wildman–Crippen LogP) is 6.91. The number of benzene rings is 2. The van der Waals surface area contributed by atoms with Gasteiger partial charge in [0.1, 0.15) is 0 Å². The fourth-order valence-electron chi connectivity index (χ4n) is 3.83. The molecule has 2 unspecified atom stereocenters. The normalized spacial score (nSPS) is 22.6. The Balaban J connectivity index is 1.80. The summed E-state index contributed by atoms with van der Waals surface area (Å²) in [6, 6.07) is 17.0. The average molecular weight is 341 g/mol. The smallest absolute Gasteiger partial charge is 0.0804 e. The minimum absolute atomic E-state index is 0.00875. The minimum atomic E-state index is -0.00875. The summed E-state index contributed by atoms with van der Waals surface area (Å²) in [5.74, 6) is 0. The van der Waals surface area contributed by atoms with E-state index in [2.05, 4.69) is 62.4 Å². The molecule has 4 rings (SSSR count). The molecule has 23 heavy (non-hydrogen) atoms. The molecule has 2 atom stereocenters. The number of hydrogen-bond donors (Lipinski definition) is 0. The quantitative estimate of drug-likeness (QED) is 0.521. The van der Waals surface area contributed by atoms with Crippen molar-refractivity contribution in [2.24, 2.45) is 0 Å². The van der Waals surface area contributed by atoms with Crippen molar-refractivity contribution >= 4 is 34.3 Å². The van der Waals surface area contributed by atoms with E-state index in [1.54, 1.807) is 0 Å². The Kier molecular flexibility index (Phi) is 3.63. The zero-order chi connectivity index (χ0) is 16.1. The molecule has 0 spiro atoms. The van der Waals surface area contributed by atoms with Gasteiger partial charge >= 0.3 is 0 Å². The van der Waals surface area contributed by atoms with Crippen LogP contribution in [0.2, 0.25) is 0 Å². The van der Waals surface area contributed by atoms with Crippen molar-refractivity contribution in [3.8, 4) is 0 Å². The lowest BCUT2D eigenvalue weighted by Crippen LogP contribution is -1.89. The number of halogens is 2. The molecule has 0 bridgehead atoms. The summed E-state index contributed by atoms with van der Waals surface area (Å²) in [6.45, 7) is 4.31. The van der Waals surface area contributed by atoms with E-state index in [9.17, 15) is 0 Å². The maximum Gasteiger partial charge on any atom is 0.0804 e. The third-order valence-corrected chi connectivity index (χ3v) is 6.31. The van der Waals surface area contributed by atoms with E-state index in [4.69, 9.17) is 23.2 Å². The summed E-state index contributed by atoms with van der Waals surface area (Å²) < 4.78 is 0. The van der Waals surface area contributed by atoms with Gasteiger partial charge in [-0.15, -0.1) is 23.2 Å². The van der Waals surface area contributed by atoms with Crippen molar-refractivity contribution in [2.75, 3.05) is 0 Å². The van der Waals surface area contributed by atoms with Crippen LogP contribution < -0.4 is 0 Å². The highest BCUT2D eigenvalue weighted by Crippen LogP contribution is 2.51. The van der Waals surface area contributed by atoms with Gasteiger partial charge in [-0.25, -0.2) is 0 Å². The Hall–Kier alpha value is -1.50. The summed E-state index contributed by atoms with van der Waals surface area (Å²) in [5.41, 5.74) is 10.3. The zero-order valence-corrected chi connectivity index (χ0v) is 14.7. The average Bonchev–Trinajstić information content (AvgIpc) is 2.97. The van der Waals surface area contributed by atoms with Crippen LogP contribution >= 0.6 is 23.2 Å². The SMILES string of the molecule is CC1=C(CC2=C(C)C(Cl)c3ccccc32)c2ccccc2C1Cl. The summed E-state index contributed by atoms with van der Waals surface area (Å²) >= 11 is 13.3. The molecule has 2 aliphatic rings. The first-order chi connectivity index (χ1) is 11.1. The van der Waals surface area contributed by atoms with E-state index in [0.29, 0.717) is 0 Å². The largest absolute Gasteiger partial charge is 0.113 e. The van der Waals surface area contributed by atoms with Gasteiger partial charge in [0.25, 0.3) is 0 Å². The Morgan fingerprint density at radius 1 is 0.696 bits per heavy atom. The molecule has 0 heterocycles. The Morgan fingerprint density at radius 2 is 1.09 bits per heavy atom. The second kappa shape index (κ2) is 5.54. The van der Waals surface area contributed by atoms with Crippen LogP contribution in [0.25, 0.3) is 11.1 Å². The lowest BCUT2D eigenvalue weighted by Gasteiger charge is -2.11. The fraction of sp³-hybridized carbons (Fsp3) is 0.238. The molecule has 0 saturated heterocycles. The van der Waals surface area contributed by atoms with Gasteiger partial charge in [0, 0.05) is 0 Å². The van der Waals surface area contributed by atoms with Crippen LogP contribution in [0.4, 0.5) is 0 Å². The molecular weight excluding hydrogens is 323 g/mol. The molecule has 0 saturated carbocycles. The number of allylic oxidation sites excluding steroid dienone is 4. The van der Waals surface area contributed by atoms with E-state index in [1.165, 1.54) is 44.5 Å². The zero-order valence-electron chi connectivity index (χ0n) is 13.2.